The molecule has 0 saturated heterocycles. The molecule has 0 aliphatic carbocycles. The van der Waals surface area contributed by atoms with Crippen LogP contribution in [0.2, 0.25) is 0 Å². The zero-order chi connectivity index (χ0) is 15.7. The van der Waals surface area contributed by atoms with Crippen molar-refractivity contribution < 1.29 is 18.3 Å². The van der Waals surface area contributed by atoms with Crippen molar-refractivity contribution in [1.29, 1.82) is 0 Å². The van der Waals surface area contributed by atoms with Gasteiger partial charge in [-0.05, 0) is 37.3 Å². The molecule has 0 aliphatic heterocycles. The van der Waals surface area contributed by atoms with Crippen LogP contribution in [0.15, 0.2) is 42.6 Å². The molecule has 0 bridgehead atoms. The van der Waals surface area contributed by atoms with Crippen LogP contribution in [-0.2, 0) is 11.3 Å². The van der Waals surface area contributed by atoms with E-state index in [1.807, 2.05) is 35.7 Å². The largest absolute Gasteiger partial charge is 0.456 e. The summed E-state index contributed by atoms with van der Waals surface area (Å²) in [5.41, 5.74) is 2.18. The molecular weight excluding hydrogens is 290 g/mol. The normalized spacial score (nSPS) is 10.9. The molecule has 0 aliphatic rings. The number of carbonyl (C=O) groups excluding carboxylic acids is 1. The van der Waals surface area contributed by atoms with Crippen molar-refractivity contribution in [3.05, 3.63) is 71.2 Å². The fraction of sp³-hybridized carbons (Fsp3) is 0.125. The number of esters is 1. The molecule has 0 N–H and O–H groups in total. The number of hydrogen-bond acceptors (Lipinski definition) is 3. The van der Waals surface area contributed by atoms with Gasteiger partial charge < -0.3 is 9.14 Å². The van der Waals surface area contributed by atoms with E-state index >= 15 is 0 Å². The Balaban J connectivity index is 1.80. The van der Waals surface area contributed by atoms with Gasteiger partial charge in [-0.3, -0.25) is 0 Å². The van der Waals surface area contributed by atoms with Gasteiger partial charge in [0.25, 0.3) is 0 Å². The average Bonchev–Trinajstić information content (AvgIpc) is 2.83. The Bertz CT molecular complexity index is 858. The molecule has 0 radical (unpaired) electrons. The first-order valence-corrected chi connectivity index (χ1v) is 6.61. The lowest BCUT2D eigenvalue weighted by molar-refractivity contribution is 0.0465. The predicted molar refractivity (Wildman–Crippen MR) is 75.4 cm³/mol. The maximum atomic E-state index is 13.1. The van der Waals surface area contributed by atoms with Gasteiger partial charge in [0.1, 0.15) is 12.3 Å². The second-order valence-electron chi connectivity index (χ2n) is 4.78. The number of carbonyl (C=O) groups is 1. The molecule has 22 heavy (non-hydrogen) atoms. The summed E-state index contributed by atoms with van der Waals surface area (Å²) >= 11 is 0. The summed E-state index contributed by atoms with van der Waals surface area (Å²) in [6, 6.07) is 8.44. The van der Waals surface area contributed by atoms with Crippen molar-refractivity contribution in [2.45, 2.75) is 13.5 Å². The van der Waals surface area contributed by atoms with Gasteiger partial charge >= 0.3 is 5.97 Å². The van der Waals surface area contributed by atoms with E-state index in [4.69, 9.17) is 4.74 Å². The molecule has 0 saturated carbocycles. The third kappa shape index (κ3) is 2.55. The van der Waals surface area contributed by atoms with Gasteiger partial charge in [-0.2, -0.15) is 0 Å². The van der Waals surface area contributed by atoms with Crippen LogP contribution in [0.25, 0.3) is 5.65 Å². The molecule has 0 amide bonds. The smallest absolute Gasteiger partial charge is 0.338 e. The van der Waals surface area contributed by atoms with Gasteiger partial charge in [0, 0.05) is 6.20 Å². The van der Waals surface area contributed by atoms with E-state index in [-0.39, 0.29) is 12.2 Å². The molecule has 1 aromatic carbocycles. The van der Waals surface area contributed by atoms with Crippen LogP contribution >= 0.6 is 0 Å². The molecule has 6 heteroatoms. The first-order valence-electron chi connectivity index (χ1n) is 6.61. The van der Waals surface area contributed by atoms with E-state index < -0.39 is 17.6 Å². The first-order chi connectivity index (χ1) is 10.6. The van der Waals surface area contributed by atoms with Crippen LogP contribution in [0.3, 0.4) is 0 Å². The molecule has 2 heterocycles. The standard InChI is InChI=1S/C16H12F2N2O2/c1-10-14(20-7-3-2-4-15(20)19-10)9-22-16(21)11-5-6-12(17)13(18)8-11/h2-8H,9H2,1H3. The molecule has 3 rings (SSSR count). The zero-order valence-corrected chi connectivity index (χ0v) is 11.7. The quantitative estimate of drug-likeness (QED) is 0.697. The second kappa shape index (κ2) is 5.55. The number of imidazole rings is 1. The van der Waals surface area contributed by atoms with Gasteiger partial charge in [0.05, 0.1) is 17.0 Å². The van der Waals surface area contributed by atoms with E-state index in [2.05, 4.69) is 4.98 Å². The van der Waals surface area contributed by atoms with Crippen LogP contribution in [0, 0.1) is 18.6 Å². The Kier molecular flexibility index (Phi) is 3.58. The lowest BCUT2D eigenvalue weighted by Crippen LogP contribution is -2.08. The Hall–Kier alpha value is -2.76. The maximum absolute atomic E-state index is 13.1. The van der Waals surface area contributed by atoms with Crippen LogP contribution < -0.4 is 0 Å². The van der Waals surface area contributed by atoms with Crippen LogP contribution in [0.1, 0.15) is 21.7 Å². The highest BCUT2D eigenvalue weighted by Gasteiger charge is 2.14. The third-order valence-electron chi connectivity index (χ3n) is 3.32. The number of rotatable bonds is 3. The summed E-state index contributed by atoms with van der Waals surface area (Å²) in [6.07, 6.45) is 1.82. The zero-order valence-electron chi connectivity index (χ0n) is 11.7. The van der Waals surface area contributed by atoms with Crippen molar-refractivity contribution in [2.24, 2.45) is 0 Å². The fourth-order valence-corrected chi connectivity index (χ4v) is 2.18. The number of ether oxygens (including phenoxy) is 1. The molecular formula is C16H12F2N2O2. The first kappa shape index (κ1) is 14.2. The Morgan fingerprint density at radius 2 is 2.05 bits per heavy atom. The molecule has 112 valence electrons. The Morgan fingerprint density at radius 1 is 1.23 bits per heavy atom. The van der Waals surface area contributed by atoms with E-state index in [1.54, 1.807) is 0 Å². The van der Waals surface area contributed by atoms with Gasteiger partial charge in [-0.15, -0.1) is 0 Å². The number of pyridine rings is 1. The fourth-order valence-electron chi connectivity index (χ4n) is 2.18. The molecule has 0 fully saturated rings. The Morgan fingerprint density at radius 3 is 2.82 bits per heavy atom. The number of hydrogen-bond donors (Lipinski definition) is 0. The number of nitrogens with zero attached hydrogens (tertiary/aromatic N) is 2. The van der Waals surface area contributed by atoms with Gasteiger partial charge in [-0.25, -0.2) is 18.6 Å². The lowest BCUT2D eigenvalue weighted by atomic mass is 10.2. The number of fused-ring (bicyclic) bond motifs is 1. The van der Waals surface area contributed by atoms with Crippen LogP contribution in [-0.4, -0.2) is 15.4 Å². The van der Waals surface area contributed by atoms with Crippen molar-refractivity contribution in [2.75, 3.05) is 0 Å². The van der Waals surface area contributed by atoms with Crippen molar-refractivity contribution >= 4 is 11.6 Å². The van der Waals surface area contributed by atoms with Crippen molar-refractivity contribution in [3.63, 3.8) is 0 Å². The van der Waals surface area contributed by atoms with Gasteiger partial charge in [-0.1, -0.05) is 6.07 Å². The summed E-state index contributed by atoms with van der Waals surface area (Å²) in [5, 5.41) is 0. The molecule has 0 spiro atoms. The number of halogens is 2. The highest BCUT2D eigenvalue weighted by Crippen LogP contribution is 2.15. The van der Waals surface area contributed by atoms with Crippen LogP contribution in [0.4, 0.5) is 8.78 Å². The maximum Gasteiger partial charge on any atom is 0.338 e. The molecule has 2 aromatic heterocycles. The van der Waals surface area contributed by atoms with Crippen LogP contribution in [0.5, 0.6) is 0 Å². The van der Waals surface area contributed by atoms with Gasteiger partial charge in [0.2, 0.25) is 0 Å². The molecule has 0 unspecified atom stereocenters. The summed E-state index contributed by atoms with van der Waals surface area (Å²) in [6.45, 7) is 1.81. The monoisotopic (exact) mass is 302 g/mol. The van der Waals surface area contributed by atoms with E-state index in [0.717, 1.165) is 29.2 Å². The average molecular weight is 302 g/mol. The molecule has 0 atom stereocenters. The van der Waals surface area contributed by atoms with E-state index in [0.29, 0.717) is 0 Å². The summed E-state index contributed by atoms with van der Waals surface area (Å²) in [7, 11) is 0. The van der Waals surface area contributed by atoms with Gasteiger partial charge in [0.15, 0.2) is 11.6 Å². The minimum Gasteiger partial charge on any atom is -0.456 e. The topological polar surface area (TPSA) is 43.6 Å². The summed E-state index contributed by atoms with van der Waals surface area (Å²) in [4.78, 5) is 16.3. The minimum absolute atomic E-state index is 0.00512. The number of benzene rings is 1. The number of aryl methyl sites for hydroxylation is 1. The van der Waals surface area contributed by atoms with E-state index in [9.17, 15) is 13.6 Å². The minimum atomic E-state index is -1.08. The van der Waals surface area contributed by atoms with E-state index in [1.165, 1.54) is 6.07 Å². The molecule has 4 nitrogen and oxygen atoms in total. The number of aromatic nitrogens is 2. The summed E-state index contributed by atoms with van der Waals surface area (Å²) in [5.74, 6) is -2.81. The summed E-state index contributed by atoms with van der Waals surface area (Å²) < 4.78 is 33.0. The SMILES string of the molecule is Cc1nc2ccccn2c1COC(=O)c1ccc(F)c(F)c1. The molecule has 3 aromatic rings. The van der Waals surface area contributed by atoms with Crippen molar-refractivity contribution in [3.8, 4) is 0 Å². The highest BCUT2D eigenvalue weighted by molar-refractivity contribution is 5.89. The third-order valence-corrected chi connectivity index (χ3v) is 3.32. The predicted octanol–water partition coefficient (Wildman–Crippen LogP) is 3.28. The second-order valence-corrected chi connectivity index (χ2v) is 4.78. The highest BCUT2D eigenvalue weighted by atomic mass is 19.2. The van der Waals surface area contributed by atoms with Crippen molar-refractivity contribution in [1.82, 2.24) is 9.38 Å². The Labute approximate surface area is 125 Å². The lowest BCUT2D eigenvalue weighted by Gasteiger charge is -2.06.